The summed E-state index contributed by atoms with van der Waals surface area (Å²) in [4.78, 5) is 7.28. The normalized spacial score (nSPS) is 10.9. The fraction of sp³-hybridized carbons (Fsp3) is 0.300. The molecule has 2 N–H and O–H groups in total. The van der Waals surface area contributed by atoms with Crippen LogP contribution in [0.3, 0.4) is 0 Å². The van der Waals surface area contributed by atoms with Crippen molar-refractivity contribution in [2.45, 2.75) is 13.3 Å². The number of rotatable bonds is 2. The highest BCUT2D eigenvalue weighted by Gasteiger charge is 2.04. The quantitative estimate of drug-likeness (QED) is 0.726. The summed E-state index contributed by atoms with van der Waals surface area (Å²) >= 11 is 0. The van der Waals surface area contributed by atoms with Gasteiger partial charge in [-0.2, -0.15) is 0 Å². The third kappa shape index (κ3) is 1.31. The Kier molecular flexibility index (Phi) is 2.02. The molecule has 0 bridgehead atoms. The molecule has 68 valence electrons. The van der Waals surface area contributed by atoms with Crippen molar-refractivity contribution in [3.05, 3.63) is 29.6 Å². The number of benzene rings is 1. The lowest BCUT2D eigenvalue weighted by molar-refractivity contribution is 0.299. The zero-order valence-electron chi connectivity index (χ0n) is 7.54. The second-order valence-electron chi connectivity index (χ2n) is 3.12. The summed E-state index contributed by atoms with van der Waals surface area (Å²) in [7, 11) is 0. The van der Waals surface area contributed by atoms with Gasteiger partial charge in [0, 0.05) is 6.61 Å². The highest BCUT2D eigenvalue weighted by atomic mass is 16.2. The zero-order chi connectivity index (χ0) is 9.26. The number of imidazole rings is 1. The van der Waals surface area contributed by atoms with Gasteiger partial charge in [-0.3, -0.25) is 0 Å². The van der Waals surface area contributed by atoms with Gasteiger partial charge in [0.15, 0.2) is 0 Å². The first kappa shape index (κ1) is 8.26. The molecule has 2 rings (SSSR count). The monoisotopic (exact) mass is 176 g/mol. The number of fused-ring (bicyclic) bond motifs is 1. The minimum atomic E-state index is 0.191. The van der Waals surface area contributed by atoms with Crippen molar-refractivity contribution < 1.29 is 5.11 Å². The van der Waals surface area contributed by atoms with Crippen molar-refractivity contribution in [3.63, 3.8) is 0 Å². The van der Waals surface area contributed by atoms with Crippen LogP contribution >= 0.6 is 0 Å². The van der Waals surface area contributed by atoms with Gasteiger partial charge in [0.1, 0.15) is 0 Å². The second-order valence-corrected chi connectivity index (χ2v) is 3.12. The van der Waals surface area contributed by atoms with Crippen molar-refractivity contribution >= 4 is 11.0 Å². The molecule has 0 radical (unpaired) electrons. The number of hydrogen-bond acceptors (Lipinski definition) is 2. The van der Waals surface area contributed by atoms with Crippen molar-refractivity contribution in [2.75, 3.05) is 6.61 Å². The van der Waals surface area contributed by atoms with Crippen LogP contribution in [0.25, 0.3) is 11.0 Å². The Hall–Kier alpha value is -1.35. The van der Waals surface area contributed by atoms with Crippen molar-refractivity contribution in [2.24, 2.45) is 0 Å². The van der Waals surface area contributed by atoms with E-state index in [1.807, 2.05) is 19.1 Å². The Bertz CT molecular complexity index is 420. The first-order valence-electron chi connectivity index (χ1n) is 4.35. The van der Waals surface area contributed by atoms with E-state index in [4.69, 9.17) is 5.11 Å². The highest BCUT2D eigenvalue weighted by molar-refractivity contribution is 5.79. The molecule has 2 aromatic rings. The number of hydrogen-bond donors (Lipinski definition) is 2. The van der Waals surface area contributed by atoms with Crippen LogP contribution in [0.5, 0.6) is 0 Å². The lowest BCUT2D eigenvalue weighted by atomic mass is 10.0. The predicted octanol–water partition coefficient (Wildman–Crippen LogP) is 1.41. The van der Waals surface area contributed by atoms with Crippen LogP contribution in [0.15, 0.2) is 18.5 Å². The zero-order valence-corrected chi connectivity index (χ0v) is 7.54. The molecule has 0 atom stereocenters. The highest BCUT2D eigenvalue weighted by Crippen LogP contribution is 2.18. The van der Waals surface area contributed by atoms with Gasteiger partial charge in [-0.1, -0.05) is 6.07 Å². The first-order valence-corrected chi connectivity index (χ1v) is 4.35. The largest absolute Gasteiger partial charge is 0.396 e. The van der Waals surface area contributed by atoms with E-state index in [1.165, 1.54) is 5.56 Å². The number of nitrogens with one attached hydrogen (secondary N) is 1. The predicted molar refractivity (Wildman–Crippen MR) is 51.6 cm³/mol. The molecule has 0 saturated carbocycles. The fourth-order valence-electron chi connectivity index (χ4n) is 1.58. The van der Waals surface area contributed by atoms with E-state index in [0.29, 0.717) is 6.42 Å². The van der Waals surface area contributed by atoms with Crippen LogP contribution in [0.2, 0.25) is 0 Å². The number of aryl methyl sites for hydroxylation is 1. The van der Waals surface area contributed by atoms with Gasteiger partial charge in [0.2, 0.25) is 0 Å². The van der Waals surface area contributed by atoms with Gasteiger partial charge in [-0.05, 0) is 30.5 Å². The molecule has 13 heavy (non-hydrogen) atoms. The van der Waals surface area contributed by atoms with Gasteiger partial charge in [0.05, 0.1) is 17.4 Å². The number of aliphatic hydroxyl groups is 1. The molecule has 0 aliphatic heterocycles. The Morgan fingerprint density at radius 2 is 2.31 bits per heavy atom. The molecular formula is C10H12N2O. The molecule has 0 aliphatic carbocycles. The Labute approximate surface area is 76.4 Å². The molecule has 0 aliphatic rings. The summed E-state index contributed by atoms with van der Waals surface area (Å²) in [5.41, 5.74) is 4.39. The Morgan fingerprint density at radius 3 is 3.08 bits per heavy atom. The van der Waals surface area contributed by atoms with Gasteiger partial charge in [-0.25, -0.2) is 4.98 Å². The maximum Gasteiger partial charge on any atom is 0.0931 e. The summed E-state index contributed by atoms with van der Waals surface area (Å²) in [5.74, 6) is 0. The van der Waals surface area contributed by atoms with Crippen LogP contribution < -0.4 is 0 Å². The summed E-state index contributed by atoms with van der Waals surface area (Å²) in [5, 5.41) is 8.84. The average molecular weight is 176 g/mol. The van der Waals surface area contributed by atoms with Gasteiger partial charge in [-0.15, -0.1) is 0 Å². The van der Waals surface area contributed by atoms with Crippen LogP contribution in [-0.4, -0.2) is 21.7 Å². The summed E-state index contributed by atoms with van der Waals surface area (Å²) < 4.78 is 0. The molecule has 0 unspecified atom stereocenters. The molecule has 1 aromatic carbocycles. The third-order valence-electron chi connectivity index (χ3n) is 2.34. The number of H-pyrrole nitrogens is 1. The van der Waals surface area contributed by atoms with Crippen LogP contribution in [0, 0.1) is 6.92 Å². The minimum absolute atomic E-state index is 0.191. The van der Waals surface area contributed by atoms with Crippen molar-refractivity contribution in [1.82, 2.24) is 9.97 Å². The van der Waals surface area contributed by atoms with E-state index in [1.54, 1.807) is 6.33 Å². The van der Waals surface area contributed by atoms with E-state index >= 15 is 0 Å². The molecule has 0 fully saturated rings. The van der Waals surface area contributed by atoms with Crippen LogP contribution in [-0.2, 0) is 6.42 Å². The van der Waals surface area contributed by atoms with E-state index in [-0.39, 0.29) is 6.61 Å². The lowest BCUT2D eigenvalue weighted by Gasteiger charge is -2.03. The SMILES string of the molecule is Cc1c(CCO)ccc2[nH]cnc12. The minimum Gasteiger partial charge on any atom is -0.396 e. The number of nitrogens with zero attached hydrogens (tertiary/aromatic N) is 1. The molecule has 0 spiro atoms. The maximum absolute atomic E-state index is 8.84. The van der Waals surface area contributed by atoms with E-state index in [0.717, 1.165) is 16.6 Å². The number of aromatic nitrogens is 2. The Balaban J connectivity index is 2.59. The summed E-state index contributed by atoms with van der Waals surface area (Å²) in [6.45, 7) is 2.23. The summed E-state index contributed by atoms with van der Waals surface area (Å²) in [6.07, 6.45) is 2.40. The van der Waals surface area contributed by atoms with Gasteiger partial charge in [0.25, 0.3) is 0 Å². The molecule has 3 nitrogen and oxygen atoms in total. The topological polar surface area (TPSA) is 48.9 Å². The third-order valence-corrected chi connectivity index (χ3v) is 2.34. The molecule has 0 saturated heterocycles. The van der Waals surface area contributed by atoms with Crippen molar-refractivity contribution in [1.29, 1.82) is 0 Å². The molecule has 0 amide bonds. The standard InChI is InChI=1S/C10H12N2O/c1-7-8(4-5-13)2-3-9-10(7)12-6-11-9/h2-3,6,13H,4-5H2,1H3,(H,11,12). The second kappa shape index (κ2) is 3.18. The first-order chi connectivity index (χ1) is 6.33. The molecule has 3 heteroatoms. The lowest BCUT2D eigenvalue weighted by Crippen LogP contribution is -1.94. The van der Waals surface area contributed by atoms with Crippen LogP contribution in [0.4, 0.5) is 0 Å². The number of aromatic amines is 1. The van der Waals surface area contributed by atoms with Crippen molar-refractivity contribution in [3.8, 4) is 0 Å². The van der Waals surface area contributed by atoms with E-state index in [2.05, 4.69) is 9.97 Å². The number of aliphatic hydroxyl groups excluding tert-OH is 1. The smallest absolute Gasteiger partial charge is 0.0931 e. The van der Waals surface area contributed by atoms with Crippen LogP contribution in [0.1, 0.15) is 11.1 Å². The summed E-state index contributed by atoms with van der Waals surface area (Å²) in [6, 6.07) is 4.03. The molecule has 1 aromatic heterocycles. The van der Waals surface area contributed by atoms with Gasteiger partial charge >= 0.3 is 0 Å². The van der Waals surface area contributed by atoms with E-state index in [9.17, 15) is 0 Å². The maximum atomic E-state index is 8.84. The average Bonchev–Trinajstić information content (AvgIpc) is 2.58. The van der Waals surface area contributed by atoms with Gasteiger partial charge < -0.3 is 10.1 Å². The van der Waals surface area contributed by atoms with E-state index < -0.39 is 0 Å². The molecule has 1 heterocycles. The Morgan fingerprint density at radius 1 is 1.46 bits per heavy atom. The molecular weight excluding hydrogens is 164 g/mol. The fourth-order valence-corrected chi connectivity index (χ4v) is 1.58.